The molecule has 0 fully saturated rings. The first kappa shape index (κ1) is 13.8. The monoisotopic (exact) mass is 239 g/mol. The predicted molar refractivity (Wildman–Crippen MR) is 67.6 cm³/mol. The SMILES string of the molecule is COCCC(C)(N)c1cc(OC)cc(OC)c1. The lowest BCUT2D eigenvalue weighted by Gasteiger charge is -2.25. The summed E-state index contributed by atoms with van der Waals surface area (Å²) in [6.45, 7) is 2.59. The fraction of sp³-hybridized carbons (Fsp3) is 0.538. The molecule has 0 aliphatic carbocycles. The second-order valence-corrected chi connectivity index (χ2v) is 4.26. The maximum absolute atomic E-state index is 6.28. The van der Waals surface area contributed by atoms with Gasteiger partial charge in [0.15, 0.2) is 0 Å². The van der Waals surface area contributed by atoms with Gasteiger partial charge in [0.25, 0.3) is 0 Å². The van der Waals surface area contributed by atoms with Crippen molar-refractivity contribution >= 4 is 0 Å². The van der Waals surface area contributed by atoms with Gasteiger partial charge in [0.1, 0.15) is 11.5 Å². The number of nitrogens with two attached hydrogens (primary N) is 1. The minimum atomic E-state index is -0.460. The standard InChI is InChI=1S/C13H21NO3/c1-13(14,5-6-15-2)10-7-11(16-3)9-12(8-10)17-4/h7-9H,5-6,14H2,1-4H3. The van der Waals surface area contributed by atoms with Crippen molar-refractivity contribution in [3.63, 3.8) is 0 Å². The number of rotatable bonds is 6. The Morgan fingerprint density at radius 1 is 1.06 bits per heavy atom. The normalized spacial score (nSPS) is 14.2. The van der Waals surface area contributed by atoms with Crippen LogP contribution in [0.2, 0.25) is 0 Å². The fourth-order valence-electron chi connectivity index (χ4n) is 1.60. The van der Waals surface area contributed by atoms with Crippen LogP contribution < -0.4 is 15.2 Å². The highest BCUT2D eigenvalue weighted by Crippen LogP contribution is 2.30. The molecule has 1 aromatic rings. The van der Waals surface area contributed by atoms with Crippen LogP contribution in [0.3, 0.4) is 0 Å². The van der Waals surface area contributed by atoms with Gasteiger partial charge in [0, 0.05) is 25.3 Å². The van der Waals surface area contributed by atoms with Crippen molar-refractivity contribution in [2.24, 2.45) is 5.73 Å². The Bertz CT molecular complexity index is 341. The summed E-state index contributed by atoms with van der Waals surface area (Å²) in [7, 11) is 4.92. The molecular weight excluding hydrogens is 218 g/mol. The zero-order valence-electron chi connectivity index (χ0n) is 10.9. The molecule has 0 saturated carbocycles. The van der Waals surface area contributed by atoms with Crippen molar-refractivity contribution in [2.45, 2.75) is 18.9 Å². The maximum atomic E-state index is 6.28. The Balaban J connectivity index is 3.02. The van der Waals surface area contributed by atoms with E-state index in [0.717, 1.165) is 23.5 Å². The Hall–Kier alpha value is -1.26. The topological polar surface area (TPSA) is 53.7 Å². The highest BCUT2D eigenvalue weighted by atomic mass is 16.5. The van der Waals surface area contributed by atoms with E-state index in [9.17, 15) is 0 Å². The second kappa shape index (κ2) is 5.89. The summed E-state index contributed by atoms with van der Waals surface area (Å²) in [4.78, 5) is 0. The van der Waals surface area contributed by atoms with Crippen molar-refractivity contribution in [3.05, 3.63) is 23.8 Å². The number of hydrogen-bond acceptors (Lipinski definition) is 4. The van der Waals surface area contributed by atoms with Crippen LogP contribution in [0.5, 0.6) is 11.5 Å². The van der Waals surface area contributed by atoms with Gasteiger partial charge >= 0.3 is 0 Å². The van der Waals surface area contributed by atoms with Crippen LogP contribution in [0.1, 0.15) is 18.9 Å². The lowest BCUT2D eigenvalue weighted by Crippen LogP contribution is -2.34. The van der Waals surface area contributed by atoms with Gasteiger partial charge in [-0.05, 0) is 31.0 Å². The van der Waals surface area contributed by atoms with Crippen LogP contribution in [-0.2, 0) is 10.3 Å². The third-order valence-electron chi connectivity index (χ3n) is 2.84. The van der Waals surface area contributed by atoms with Gasteiger partial charge in [0.2, 0.25) is 0 Å². The van der Waals surface area contributed by atoms with Gasteiger partial charge in [0.05, 0.1) is 14.2 Å². The van der Waals surface area contributed by atoms with Crippen LogP contribution >= 0.6 is 0 Å². The average Bonchev–Trinajstić information content (AvgIpc) is 2.35. The maximum Gasteiger partial charge on any atom is 0.122 e. The van der Waals surface area contributed by atoms with Gasteiger partial charge in [-0.2, -0.15) is 0 Å². The first-order valence-electron chi connectivity index (χ1n) is 5.55. The molecule has 0 spiro atoms. The molecule has 1 aromatic carbocycles. The van der Waals surface area contributed by atoms with Gasteiger partial charge < -0.3 is 19.9 Å². The molecule has 4 nitrogen and oxygen atoms in total. The fourth-order valence-corrected chi connectivity index (χ4v) is 1.60. The number of benzene rings is 1. The largest absolute Gasteiger partial charge is 0.497 e. The zero-order chi connectivity index (χ0) is 12.9. The first-order valence-corrected chi connectivity index (χ1v) is 5.55. The van der Waals surface area contributed by atoms with E-state index in [1.54, 1.807) is 21.3 Å². The summed E-state index contributed by atoms with van der Waals surface area (Å²) < 4.78 is 15.5. The molecule has 96 valence electrons. The molecule has 0 radical (unpaired) electrons. The van der Waals surface area contributed by atoms with E-state index in [4.69, 9.17) is 19.9 Å². The molecule has 0 amide bonds. The smallest absolute Gasteiger partial charge is 0.122 e. The van der Waals surface area contributed by atoms with Gasteiger partial charge in [-0.3, -0.25) is 0 Å². The van der Waals surface area contributed by atoms with Crippen LogP contribution in [0.25, 0.3) is 0 Å². The van der Waals surface area contributed by atoms with Crippen LogP contribution in [0, 0.1) is 0 Å². The molecule has 1 unspecified atom stereocenters. The molecule has 0 bridgehead atoms. The van der Waals surface area contributed by atoms with E-state index in [1.807, 2.05) is 25.1 Å². The number of hydrogen-bond donors (Lipinski definition) is 1. The average molecular weight is 239 g/mol. The third-order valence-corrected chi connectivity index (χ3v) is 2.84. The Morgan fingerprint density at radius 2 is 1.59 bits per heavy atom. The first-order chi connectivity index (χ1) is 8.03. The summed E-state index contributed by atoms with van der Waals surface area (Å²) in [6, 6.07) is 5.69. The van der Waals surface area contributed by atoms with Gasteiger partial charge in [-0.1, -0.05) is 0 Å². The molecule has 1 rings (SSSR count). The zero-order valence-corrected chi connectivity index (χ0v) is 10.9. The minimum Gasteiger partial charge on any atom is -0.497 e. The van der Waals surface area contributed by atoms with Crippen molar-refractivity contribution in [2.75, 3.05) is 27.9 Å². The van der Waals surface area contributed by atoms with Crippen LogP contribution in [-0.4, -0.2) is 27.9 Å². The molecule has 17 heavy (non-hydrogen) atoms. The molecule has 0 aliphatic rings. The van der Waals surface area contributed by atoms with E-state index < -0.39 is 5.54 Å². The van der Waals surface area contributed by atoms with Crippen LogP contribution in [0.15, 0.2) is 18.2 Å². The Morgan fingerprint density at radius 3 is 2.00 bits per heavy atom. The summed E-state index contributed by atoms with van der Waals surface area (Å²) in [5.74, 6) is 1.49. The van der Waals surface area contributed by atoms with E-state index in [-0.39, 0.29) is 0 Å². The van der Waals surface area contributed by atoms with E-state index in [0.29, 0.717) is 6.61 Å². The third kappa shape index (κ3) is 3.61. The number of methoxy groups -OCH3 is 3. The quantitative estimate of drug-likeness (QED) is 0.824. The molecule has 0 heterocycles. The Kier molecular flexibility index (Phi) is 4.78. The molecule has 2 N–H and O–H groups in total. The van der Waals surface area contributed by atoms with Crippen molar-refractivity contribution in [1.82, 2.24) is 0 Å². The van der Waals surface area contributed by atoms with Gasteiger partial charge in [-0.25, -0.2) is 0 Å². The van der Waals surface area contributed by atoms with Gasteiger partial charge in [-0.15, -0.1) is 0 Å². The molecule has 0 aliphatic heterocycles. The predicted octanol–water partition coefficient (Wildman–Crippen LogP) is 1.91. The summed E-state index contributed by atoms with van der Waals surface area (Å²) >= 11 is 0. The summed E-state index contributed by atoms with van der Waals surface area (Å²) in [6.07, 6.45) is 0.736. The van der Waals surface area contributed by atoms with Crippen molar-refractivity contribution in [1.29, 1.82) is 0 Å². The molecular formula is C13H21NO3. The molecule has 0 saturated heterocycles. The molecule has 4 heteroatoms. The summed E-state index contributed by atoms with van der Waals surface area (Å²) in [5, 5.41) is 0. The molecule has 1 atom stereocenters. The van der Waals surface area contributed by atoms with Crippen molar-refractivity contribution in [3.8, 4) is 11.5 Å². The van der Waals surface area contributed by atoms with E-state index in [2.05, 4.69) is 0 Å². The Labute approximate surface area is 103 Å². The van der Waals surface area contributed by atoms with Crippen molar-refractivity contribution < 1.29 is 14.2 Å². The highest BCUT2D eigenvalue weighted by Gasteiger charge is 2.22. The van der Waals surface area contributed by atoms with Crippen LogP contribution in [0.4, 0.5) is 0 Å². The highest BCUT2D eigenvalue weighted by molar-refractivity contribution is 5.41. The molecule has 0 aromatic heterocycles. The second-order valence-electron chi connectivity index (χ2n) is 4.26. The summed E-state index contributed by atoms with van der Waals surface area (Å²) in [5.41, 5.74) is 6.80. The number of ether oxygens (including phenoxy) is 3. The minimum absolute atomic E-state index is 0.460. The lowest BCUT2D eigenvalue weighted by atomic mass is 9.90. The van der Waals surface area contributed by atoms with E-state index in [1.165, 1.54) is 0 Å². The van der Waals surface area contributed by atoms with E-state index >= 15 is 0 Å². The lowest BCUT2D eigenvalue weighted by molar-refractivity contribution is 0.172.